The molecule has 1 nitrogen and oxygen atoms in total. The van der Waals surface area contributed by atoms with Gasteiger partial charge in [0.25, 0.3) is 0 Å². The minimum absolute atomic E-state index is 0.218. The number of hydrogen-bond donors (Lipinski definition) is 1. The van der Waals surface area contributed by atoms with Gasteiger partial charge in [0.2, 0.25) is 0 Å². The van der Waals surface area contributed by atoms with Crippen molar-refractivity contribution in [2.75, 3.05) is 0 Å². The zero-order chi connectivity index (χ0) is 8.81. The Morgan fingerprint density at radius 3 is 3.08 bits per heavy atom. The van der Waals surface area contributed by atoms with Gasteiger partial charge in [0.15, 0.2) is 0 Å². The molecule has 2 N–H and O–H groups in total. The van der Waals surface area contributed by atoms with Crippen molar-refractivity contribution < 1.29 is 0 Å². The summed E-state index contributed by atoms with van der Waals surface area (Å²) in [6.45, 7) is 0. The van der Waals surface area contributed by atoms with Crippen LogP contribution in [0.1, 0.15) is 18.4 Å². The fraction of sp³-hybridized carbons (Fsp3) is 0.400. The van der Waals surface area contributed by atoms with Crippen LogP contribution in [0.4, 0.5) is 0 Å². The summed E-state index contributed by atoms with van der Waals surface area (Å²) in [7, 11) is 0. The summed E-state index contributed by atoms with van der Waals surface area (Å²) < 4.78 is 0. The quantitative estimate of drug-likeness (QED) is 0.703. The molecule has 0 fully saturated rings. The predicted octanol–water partition coefficient (Wildman–Crippen LogP) is 2.03. The van der Waals surface area contributed by atoms with Crippen molar-refractivity contribution in [3.8, 4) is 12.3 Å². The lowest BCUT2D eigenvalue weighted by atomic mass is 10.1. The average Bonchev–Trinajstić information content (AvgIpc) is 2.53. The van der Waals surface area contributed by atoms with E-state index in [1.54, 1.807) is 11.3 Å². The Labute approximate surface area is 77.6 Å². The van der Waals surface area contributed by atoms with Crippen LogP contribution in [0.25, 0.3) is 0 Å². The topological polar surface area (TPSA) is 26.0 Å². The maximum absolute atomic E-state index is 5.86. The molecule has 64 valence electrons. The predicted molar refractivity (Wildman–Crippen MR) is 54.1 cm³/mol. The second-order valence-electron chi connectivity index (χ2n) is 2.84. The monoisotopic (exact) mass is 179 g/mol. The SMILES string of the molecule is C#CCCC(N)Cc1ccsc1. The first-order chi connectivity index (χ1) is 5.83. The molecule has 0 aliphatic carbocycles. The van der Waals surface area contributed by atoms with E-state index < -0.39 is 0 Å². The fourth-order valence-electron chi connectivity index (χ4n) is 1.08. The van der Waals surface area contributed by atoms with E-state index in [0.29, 0.717) is 0 Å². The van der Waals surface area contributed by atoms with Crippen molar-refractivity contribution in [2.45, 2.75) is 25.3 Å². The highest BCUT2D eigenvalue weighted by Gasteiger charge is 2.02. The molecule has 1 aromatic heterocycles. The van der Waals surface area contributed by atoms with Gasteiger partial charge in [-0.2, -0.15) is 11.3 Å². The lowest BCUT2D eigenvalue weighted by Gasteiger charge is -2.07. The number of rotatable bonds is 4. The summed E-state index contributed by atoms with van der Waals surface area (Å²) >= 11 is 1.71. The van der Waals surface area contributed by atoms with E-state index in [1.807, 2.05) is 0 Å². The minimum Gasteiger partial charge on any atom is -0.327 e. The molecular weight excluding hydrogens is 166 g/mol. The molecule has 12 heavy (non-hydrogen) atoms. The van der Waals surface area contributed by atoms with Crippen molar-refractivity contribution >= 4 is 11.3 Å². The molecule has 1 aromatic rings. The third-order valence-electron chi connectivity index (χ3n) is 1.74. The van der Waals surface area contributed by atoms with E-state index >= 15 is 0 Å². The Bertz CT molecular complexity index is 245. The zero-order valence-electron chi connectivity index (χ0n) is 6.99. The van der Waals surface area contributed by atoms with Crippen molar-refractivity contribution in [3.63, 3.8) is 0 Å². The van der Waals surface area contributed by atoms with Crippen molar-refractivity contribution in [3.05, 3.63) is 22.4 Å². The van der Waals surface area contributed by atoms with Crippen LogP contribution in [0.15, 0.2) is 16.8 Å². The Balaban J connectivity index is 2.28. The van der Waals surface area contributed by atoms with E-state index in [4.69, 9.17) is 12.2 Å². The van der Waals surface area contributed by atoms with Crippen LogP contribution in [-0.4, -0.2) is 6.04 Å². The molecular formula is C10H13NS. The molecule has 0 amide bonds. The summed E-state index contributed by atoms with van der Waals surface area (Å²) in [5.74, 6) is 2.60. The van der Waals surface area contributed by atoms with E-state index in [1.165, 1.54) is 5.56 Å². The Hall–Kier alpha value is -0.780. The molecule has 0 saturated heterocycles. The molecule has 1 atom stereocenters. The van der Waals surface area contributed by atoms with E-state index in [2.05, 4.69) is 22.7 Å². The first-order valence-electron chi connectivity index (χ1n) is 4.03. The molecule has 2 heteroatoms. The van der Waals surface area contributed by atoms with E-state index in [9.17, 15) is 0 Å². The molecule has 0 spiro atoms. The van der Waals surface area contributed by atoms with Gasteiger partial charge >= 0.3 is 0 Å². The molecule has 0 saturated carbocycles. The number of terminal acetylenes is 1. The number of thiophene rings is 1. The smallest absolute Gasteiger partial charge is 0.0101 e. The van der Waals surface area contributed by atoms with Crippen LogP contribution < -0.4 is 5.73 Å². The summed E-state index contributed by atoms with van der Waals surface area (Å²) in [6, 6.07) is 2.33. The number of nitrogens with two attached hydrogens (primary N) is 1. The summed E-state index contributed by atoms with van der Waals surface area (Å²) in [5.41, 5.74) is 7.18. The second-order valence-corrected chi connectivity index (χ2v) is 3.62. The summed E-state index contributed by atoms with van der Waals surface area (Å²) in [4.78, 5) is 0. The van der Waals surface area contributed by atoms with Crippen LogP contribution in [0, 0.1) is 12.3 Å². The highest BCUT2D eigenvalue weighted by atomic mass is 32.1. The third kappa shape index (κ3) is 3.08. The Kier molecular flexibility index (Phi) is 3.86. The first-order valence-corrected chi connectivity index (χ1v) is 4.97. The maximum atomic E-state index is 5.86. The molecule has 0 aliphatic heterocycles. The average molecular weight is 179 g/mol. The van der Waals surface area contributed by atoms with Gasteiger partial charge in [-0.25, -0.2) is 0 Å². The first kappa shape index (κ1) is 9.31. The van der Waals surface area contributed by atoms with Crippen LogP contribution in [-0.2, 0) is 6.42 Å². The summed E-state index contributed by atoms with van der Waals surface area (Å²) in [6.07, 6.45) is 7.80. The lowest BCUT2D eigenvalue weighted by molar-refractivity contribution is 0.624. The largest absolute Gasteiger partial charge is 0.327 e. The maximum Gasteiger partial charge on any atom is 0.0101 e. The van der Waals surface area contributed by atoms with Crippen LogP contribution in [0.2, 0.25) is 0 Å². The highest BCUT2D eigenvalue weighted by molar-refractivity contribution is 7.07. The van der Waals surface area contributed by atoms with Crippen molar-refractivity contribution in [1.82, 2.24) is 0 Å². The van der Waals surface area contributed by atoms with Gasteiger partial charge in [-0.05, 0) is 35.2 Å². The van der Waals surface area contributed by atoms with Gasteiger partial charge in [-0.15, -0.1) is 12.3 Å². The van der Waals surface area contributed by atoms with Gasteiger partial charge < -0.3 is 5.73 Å². The molecule has 0 aromatic carbocycles. The van der Waals surface area contributed by atoms with E-state index in [0.717, 1.165) is 19.3 Å². The molecule has 0 aliphatic rings. The normalized spacial score (nSPS) is 12.3. The third-order valence-corrected chi connectivity index (χ3v) is 2.47. The molecule has 0 bridgehead atoms. The Morgan fingerprint density at radius 1 is 1.67 bits per heavy atom. The Morgan fingerprint density at radius 2 is 2.50 bits per heavy atom. The van der Waals surface area contributed by atoms with Gasteiger partial charge in [0, 0.05) is 12.5 Å². The van der Waals surface area contributed by atoms with E-state index in [-0.39, 0.29) is 6.04 Å². The molecule has 1 heterocycles. The minimum atomic E-state index is 0.218. The van der Waals surface area contributed by atoms with Crippen molar-refractivity contribution in [2.24, 2.45) is 5.73 Å². The highest BCUT2D eigenvalue weighted by Crippen LogP contribution is 2.09. The zero-order valence-corrected chi connectivity index (χ0v) is 7.81. The van der Waals surface area contributed by atoms with Gasteiger partial charge in [-0.3, -0.25) is 0 Å². The van der Waals surface area contributed by atoms with Crippen LogP contribution in [0.5, 0.6) is 0 Å². The number of hydrogen-bond acceptors (Lipinski definition) is 2. The fourth-order valence-corrected chi connectivity index (χ4v) is 1.76. The van der Waals surface area contributed by atoms with Crippen molar-refractivity contribution in [1.29, 1.82) is 0 Å². The second kappa shape index (κ2) is 4.97. The lowest BCUT2D eigenvalue weighted by Crippen LogP contribution is -2.22. The van der Waals surface area contributed by atoms with Gasteiger partial charge in [0.05, 0.1) is 0 Å². The molecule has 1 rings (SSSR count). The van der Waals surface area contributed by atoms with Gasteiger partial charge in [0.1, 0.15) is 0 Å². The molecule has 0 radical (unpaired) electrons. The van der Waals surface area contributed by atoms with Crippen LogP contribution in [0.3, 0.4) is 0 Å². The standard InChI is InChI=1S/C10H13NS/c1-2-3-4-10(11)7-9-5-6-12-8-9/h1,5-6,8,10H,3-4,7,11H2. The van der Waals surface area contributed by atoms with Gasteiger partial charge in [-0.1, -0.05) is 0 Å². The summed E-state index contributed by atoms with van der Waals surface area (Å²) in [5, 5.41) is 4.21. The molecule has 1 unspecified atom stereocenters. The van der Waals surface area contributed by atoms with Crippen LogP contribution >= 0.6 is 11.3 Å².